The van der Waals surface area contributed by atoms with Crippen molar-refractivity contribution in [2.45, 2.75) is 39.8 Å². The number of hydrogen-bond acceptors (Lipinski definition) is 4. The molecule has 1 aliphatic rings. The number of hydrogen-bond donors (Lipinski definition) is 2. The van der Waals surface area contributed by atoms with Crippen LogP contribution in [0.4, 0.5) is 5.69 Å². The first-order valence-electron chi connectivity index (χ1n) is 10.5. The maximum Gasteiger partial charge on any atom is 0.313 e. The molecule has 160 valence electrons. The highest BCUT2D eigenvalue weighted by Crippen LogP contribution is 2.25. The molecule has 0 spiro atoms. The van der Waals surface area contributed by atoms with E-state index in [1.165, 1.54) is 25.5 Å². The van der Waals surface area contributed by atoms with Crippen LogP contribution in [0.5, 0.6) is 5.75 Å². The Balaban J connectivity index is 1.59. The molecule has 0 radical (unpaired) electrons. The summed E-state index contributed by atoms with van der Waals surface area (Å²) in [5, 5.41) is 5.39. The average Bonchev–Trinajstić information content (AvgIpc) is 2.73. The Hall–Kier alpha value is -2.86. The van der Waals surface area contributed by atoms with Crippen LogP contribution in [0.3, 0.4) is 0 Å². The summed E-state index contributed by atoms with van der Waals surface area (Å²) in [7, 11) is 1.53. The Kier molecular flexibility index (Phi) is 7.46. The van der Waals surface area contributed by atoms with Gasteiger partial charge in [0.1, 0.15) is 5.75 Å². The van der Waals surface area contributed by atoms with Crippen LogP contribution in [0.1, 0.15) is 36.5 Å². The van der Waals surface area contributed by atoms with E-state index in [4.69, 9.17) is 4.74 Å². The molecule has 2 aromatic carbocycles. The lowest BCUT2D eigenvalue weighted by Gasteiger charge is -2.31. The number of carbonyl (C=O) groups excluding carboxylic acids is 2. The summed E-state index contributed by atoms with van der Waals surface area (Å²) in [6, 6.07) is 13.5. The van der Waals surface area contributed by atoms with E-state index in [-0.39, 0.29) is 0 Å². The number of amides is 2. The molecule has 0 saturated carbocycles. The van der Waals surface area contributed by atoms with Crippen LogP contribution < -0.4 is 15.4 Å². The predicted molar refractivity (Wildman–Crippen MR) is 118 cm³/mol. The van der Waals surface area contributed by atoms with Gasteiger partial charge in [0.25, 0.3) is 0 Å². The molecular weight excluding hydrogens is 378 g/mol. The lowest BCUT2D eigenvalue weighted by Crippen LogP contribution is -2.36. The van der Waals surface area contributed by atoms with Crippen molar-refractivity contribution < 1.29 is 14.3 Å². The minimum absolute atomic E-state index is 0.316. The van der Waals surface area contributed by atoms with Crippen LogP contribution in [0, 0.1) is 12.8 Å². The summed E-state index contributed by atoms with van der Waals surface area (Å²) in [6.07, 6.45) is 2.51. The third kappa shape index (κ3) is 5.83. The highest BCUT2D eigenvalue weighted by Gasteiger charge is 2.19. The van der Waals surface area contributed by atoms with Gasteiger partial charge in [-0.2, -0.15) is 0 Å². The van der Waals surface area contributed by atoms with Crippen molar-refractivity contribution in [1.82, 2.24) is 10.2 Å². The monoisotopic (exact) mass is 409 g/mol. The van der Waals surface area contributed by atoms with Gasteiger partial charge in [0, 0.05) is 19.6 Å². The number of rotatable bonds is 6. The lowest BCUT2D eigenvalue weighted by molar-refractivity contribution is -0.136. The second kappa shape index (κ2) is 10.3. The van der Waals surface area contributed by atoms with Crippen molar-refractivity contribution in [2.24, 2.45) is 5.92 Å². The first-order valence-corrected chi connectivity index (χ1v) is 10.5. The molecule has 3 rings (SSSR count). The van der Waals surface area contributed by atoms with Gasteiger partial charge in [-0.25, -0.2) is 0 Å². The van der Waals surface area contributed by atoms with E-state index in [0.29, 0.717) is 23.9 Å². The summed E-state index contributed by atoms with van der Waals surface area (Å²) in [6.45, 7) is 7.59. The van der Waals surface area contributed by atoms with Crippen LogP contribution in [-0.2, 0) is 22.7 Å². The zero-order chi connectivity index (χ0) is 21.5. The van der Waals surface area contributed by atoms with E-state index in [0.717, 1.165) is 30.8 Å². The number of likely N-dealkylation sites (tertiary alicyclic amines) is 1. The van der Waals surface area contributed by atoms with E-state index in [2.05, 4.69) is 28.5 Å². The first-order chi connectivity index (χ1) is 14.5. The van der Waals surface area contributed by atoms with Gasteiger partial charge in [0.15, 0.2) is 0 Å². The maximum absolute atomic E-state index is 12.4. The number of anilines is 1. The lowest BCUT2D eigenvalue weighted by atomic mass is 9.99. The summed E-state index contributed by atoms with van der Waals surface area (Å²) in [5.74, 6) is -0.142. The fraction of sp³-hybridized carbons (Fsp3) is 0.417. The molecule has 6 heteroatoms. The molecule has 30 heavy (non-hydrogen) atoms. The van der Waals surface area contributed by atoms with Gasteiger partial charge in [-0.1, -0.05) is 37.3 Å². The second-order valence-electron chi connectivity index (χ2n) is 8.09. The maximum atomic E-state index is 12.4. The predicted octanol–water partition coefficient (Wildman–Crippen LogP) is 3.49. The largest absolute Gasteiger partial charge is 0.495 e. The van der Waals surface area contributed by atoms with E-state index < -0.39 is 11.8 Å². The van der Waals surface area contributed by atoms with Gasteiger partial charge >= 0.3 is 11.8 Å². The number of piperidine rings is 1. The smallest absolute Gasteiger partial charge is 0.313 e. The van der Waals surface area contributed by atoms with Gasteiger partial charge in [-0.05, 0) is 61.1 Å². The third-order valence-corrected chi connectivity index (χ3v) is 5.50. The number of carbonyl (C=O) groups is 2. The molecule has 2 amide bonds. The van der Waals surface area contributed by atoms with E-state index in [9.17, 15) is 9.59 Å². The number of aryl methyl sites for hydroxylation is 1. The molecule has 2 aromatic rings. The molecule has 6 nitrogen and oxygen atoms in total. The zero-order valence-electron chi connectivity index (χ0n) is 18.0. The quantitative estimate of drug-likeness (QED) is 0.717. The van der Waals surface area contributed by atoms with Gasteiger partial charge in [-0.3, -0.25) is 14.5 Å². The number of nitrogens with one attached hydrogen (secondary N) is 2. The minimum Gasteiger partial charge on any atom is -0.495 e. The van der Waals surface area contributed by atoms with Gasteiger partial charge in [0.2, 0.25) is 0 Å². The van der Waals surface area contributed by atoms with Crippen molar-refractivity contribution in [3.8, 4) is 5.75 Å². The normalized spacial score (nSPS) is 16.7. The van der Waals surface area contributed by atoms with Crippen molar-refractivity contribution >= 4 is 17.5 Å². The number of ether oxygens (including phenoxy) is 1. The fourth-order valence-corrected chi connectivity index (χ4v) is 3.91. The summed E-state index contributed by atoms with van der Waals surface area (Å²) >= 11 is 0. The van der Waals surface area contributed by atoms with Crippen molar-refractivity contribution in [3.05, 3.63) is 59.2 Å². The SMILES string of the molecule is COc1ccc(C)cc1NC(=O)C(=O)NCc1ccccc1CN1CCCC(C)C1. The first kappa shape index (κ1) is 21.8. The average molecular weight is 410 g/mol. The van der Waals surface area contributed by atoms with Crippen LogP contribution in [0.2, 0.25) is 0 Å². The van der Waals surface area contributed by atoms with Gasteiger partial charge in [0.05, 0.1) is 12.8 Å². The molecule has 1 heterocycles. The van der Waals surface area contributed by atoms with Crippen molar-refractivity contribution in [3.63, 3.8) is 0 Å². The molecule has 0 aliphatic carbocycles. The molecule has 2 N–H and O–H groups in total. The highest BCUT2D eigenvalue weighted by molar-refractivity contribution is 6.39. The molecule has 1 atom stereocenters. The van der Waals surface area contributed by atoms with Crippen LogP contribution >= 0.6 is 0 Å². The summed E-state index contributed by atoms with van der Waals surface area (Å²) in [4.78, 5) is 27.2. The van der Waals surface area contributed by atoms with E-state index in [1.807, 2.05) is 31.2 Å². The Morgan fingerprint density at radius 1 is 1.13 bits per heavy atom. The topological polar surface area (TPSA) is 70.7 Å². The Morgan fingerprint density at radius 2 is 1.90 bits per heavy atom. The molecule has 1 unspecified atom stereocenters. The highest BCUT2D eigenvalue weighted by atomic mass is 16.5. The van der Waals surface area contributed by atoms with Crippen molar-refractivity contribution in [2.75, 3.05) is 25.5 Å². The molecule has 0 aromatic heterocycles. The zero-order valence-corrected chi connectivity index (χ0v) is 18.0. The Labute approximate surface area is 178 Å². The van der Waals surface area contributed by atoms with Crippen LogP contribution in [0.15, 0.2) is 42.5 Å². The number of nitrogens with zero attached hydrogens (tertiary/aromatic N) is 1. The second-order valence-corrected chi connectivity index (χ2v) is 8.09. The number of methoxy groups -OCH3 is 1. The molecule has 1 saturated heterocycles. The number of benzene rings is 2. The molecule has 1 aliphatic heterocycles. The Bertz CT molecular complexity index is 897. The van der Waals surface area contributed by atoms with Crippen LogP contribution in [0.25, 0.3) is 0 Å². The van der Waals surface area contributed by atoms with Crippen LogP contribution in [-0.4, -0.2) is 36.9 Å². The summed E-state index contributed by atoms with van der Waals surface area (Å²) in [5.41, 5.74) is 3.67. The Morgan fingerprint density at radius 3 is 2.63 bits per heavy atom. The van der Waals surface area contributed by atoms with E-state index in [1.54, 1.807) is 12.1 Å². The minimum atomic E-state index is -0.707. The van der Waals surface area contributed by atoms with Crippen molar-refractivity contribution in [1.29, 1.82) is 0 Å². The molecular formula is C24H31N3O3. The van der Waals surface area contributed by atoms with Gasteiger partial charge in [-0.15, -0.1) is 0 Å². The van der Waals surface area contributed by atoms with Gasteiger partial charge < -0.3 is 15.4 Å². The van der Waals surface area contributed by atoms with E-state index >= 15 is 0 Å². The molecule has 0 bridgehead atoms. The molecule has 1 fully saturated rings. The third-order valence-electron chi connectivity index (χ3n) is 5.50. The standard InChI is InChI=1S/C24H31N3O3/c1-17-10-11-22(30-3)21(13-17)26-24(29)23(28)25-14-19-8-4-5-9-20(19)16-27-12-6-7-18(2)15-27/h4-5,8-11,13,18H,6-7,12,14-16H2,1-3H3,(H,25,28)(H,26,29). The summed E-state index contributed by atoms with van der Waals surface area (Å²) < 4.78 is 5.25. The fourth-order valence-electron chi connectivity index (χ4n) is 3.91.